The number of piperidine rings is 1. The molecule has 6 heteroatoms. The molecule has 0 spiro atoms. The zero-order valence-corrected chi connectivity index (χ0v) is 11.8. The van der Waals surface area contributed by atoms with Gasteiger partial charge in [0.2, 0.25) is 5.91 Å². The fourth-order valence-electron chi connectivity index (χ4n) is 2.29. The van der Waals surface area contributed by atoms with E-state index in [1.165, 1.54) is 24.3 Å². The van der Waals surface area contributed by atoms with Crippen molar-refractivity contribution in [2.24, 2.45) is 5.92 Å². The zero-order chi connectivity index (χ0) is 15.1. The van der Waals surface area contributed by atoms with Crippen molar-refractivity contribution in [3.05, 3.63) is 35.6 Å². The van der Waals surface area contributed by atoms with Gasteiger partial charge in [0, 0.05) is 24.6 Å². The minimum absolute atomic E-state index is 0.0486. The van der Waals surface area contributed by atoms with E-state index in [0.29, 0.717) is 18.7 Å². The molecule has 1 aromatic rings. The third kappa shape index (κ3) is 4.82. The molecule has 0 radical (unpaired) electrons. The molecule has 1 aliphatic heterocycles. The maximum Gasteiger partial charge on any atom is 0.251 e. The van der Waals surface area contributed by atoms with Crippen molar-refractivity contribution in [3.8, 4) is 0 Å². The summed E-state index contributed by atoms with van der Waals surface area (Å²) in [6.45, 7) is 2.50. The average molecular weight is 293 g/mol. The number of nitrogens with one attached hydrogen (secondary N) is 3. The quantitative estimate of drug-likeness (QED) is 0.699. The normalized spacial score (nSPS) is 15.5. The molecule has 0 saturated carbocycles. The van der Waals surface area contributed by atoms with Gasteiger partial charge < -0.3 is 16.0 Å². The van der Waals surface area contributed by atoms with Crippen molar-refractivity contribution < 1.29 is 14.0 Å². The lowest BCUT2D eigenvalue weighted by atomic mass is 9.97. The lowest BCUT2D eigenvalue weighted by molar-refractivity contribution is -0.125. The van der Waals surface area contributed by atoms with E-state index in [-0.39, 0.29) is 23.5 Å². The van der Waals surface area contributed by atoms with Gasteiger partial charge in [-0.3, -0.25) is 9.59 Å². The van der Waals surface area contributed by atoms with E-state index in [4.69, 9.17) is 0 Å². The third-order valence-corrected chi connectivity index (χ3v) is 3.53. The summed E-state index contributed by atoms with van der Waals surface area (Å²) in [5, 5.41) is 8.73. The first-order chi connectivity index (χ1) is 10.2. The van der Waals surface area contributed by atoms with Gasteiger partial charge in [-0.1, -0.05) is 0 Å². The molecule has 21 heavy (non-hydrogen) atoms. The highest BCUT2D eigenvalue weighted by molar-refractivity contribution is 5.94. The van der Waals surface area contributed by atoms with Crippen molar-refractivity contribution in [2.45, 2.75) is 12.8 Å². The van der Waals surface area contributed by atoms with E-state index in [1.807, 2.05) is 0 Å². The second-order valence-corrected chi connectivity index (χ2v) is 5.08. The number of hydrogen-bond acceptors (Lipinski definition) is 3. The number of halogens is 1. The van der Waals surface area contributed by atoms with Gasteiger partial charge in [0.25, 0.3) is 5.91 Å². The van der Waals surface area contributed by atoms with Crippen LogP contribution in [-0.4, -0.2) is 38.0 Å². The Balaban J connectivity index is 1.66. The SMILES string of the molecule is O=C(NCCNC(=O)C1CCNCC1)c1ccc(F)cc1. The molecule has 1 saturated heterocycles. The highest BCUT2D eigenvalue weighted by Crippen LogP contribution is 2.10. The summed E-state index contributed by atoms with van der Waals surface area (Å²) in [5.74, 6) is -0.529. The number of carbonyl (C=O) groups excluding carboxylic acids is 2. The summed E-state index contributed by atoms with van der Waals surface area (Å²) >= 11 is 0. The van der Waals surface area contributed by atoms with Gasteiger partial charge >= 0.3 is 0 Å². The molecular formula is C15H20FN3O2. The zero-order valence-electron chi connectivity index (χ0n) is 11.8. The van der Waals surface area contributed by atoms with Gasteiger partial charge in [0.05, 0.1) is 0 Å². The van der Waals surface area contributed by atoms with Crippen LogP contribution >= 0.6 is 0 Å². The van der Waals surface area contributed by atoms with E-state index in [0.717, 1.165) is 25.9 Å². The Kier molecular flexibility index (Phi) is 5.68. The fourth-order valence-corrected chi connectivity index (χ4v) is 2.29. The van der Waals surface area contributed by atoms with E-state index in [1.54, 1.807) is 0 Å². The summed E-state index contributed by atoms with van der Waals surface area (Å²) in [5.41, 5.74) is 0.404. The molecule has 1 heterocycles. The third-order valence-electron chi connectivity index (χ3n) is 3.53. The van der Waals surface area contributed by atoms with Crippen LogP contribution in [0.4, 0.5) is 4.39 Å². The smallest absolute Gasteiger partial charge is 0.251 e. The maximum atomic E-state index is 12.7. The van der Waals surface area contributed by atoms with E-state index < -0.39 is 0 Å². The van der Waals surface area contributed by atoms with Crippen LogP contribution in [-0.2, 0) is 4.79 Å². The second-order valence-electron chi connectivity index (χ2n) is 5.08. The van der Waals surface area contributed by atoms with Crippen LogP contribution in [0.2, 0.25) is 0 Å². The van der Waals surface area contributed by atoms with Gasteiger partial charge in [-0.15, -0.1) is 0 Å². The van der Waals surface area contributed by atoms with Crippen molar-refractivity contribution >= 4 is 11.8 Å². The Labute approximate surface area is 123 Å². The first-order valence-electron chi connectivity index (χ1n) is 7.19. The summed E-state index contributed by atoms with van der Waals surface area (Å²) in [4.78, 5) is 23.6. The van der Waals surface area contributed by atoms with E-state index in [2.05, 4.69) is 16.0 Å². The highest BCUT2D eigenvalue weighted by atomic mass is 19.1. The monoisotopic (exact) mass is 293 g/mol. The van der Waals surface area contributed by atoms with Crippen molar-refractivity contribution in [2.75, 3.05) is 26.2 Å². The molecule has 2 amide bonds. The summed E-state index contributed by atoms with van der Waals surface area (Å²) in [6.07, 6.45) is 1.71. The minimum atomic E-state index is -0.374. The van der Waals surface area contributed by atoms with Gasteiger partial charge in [-0.2, -0.15) is 0 Å². The number of benzene rings is 1. The van der Waals surface area contributed by atoms with Crippen LogP contribution in [0.15, 0.2) is 24.3 Å². The first-order valence-corrected chi connectivity index (χ1v) is 7.19. The Morgan fingerprint density at radius 1 is 1.10 bits per heavy atom. The molecule has 1 aliphatic rings. The molecule has 0 aromatic heterocycles. The standard InChI is InChI=1S/C15H20FN3O2/c16-13-3-1-11(2-4-13)14(20)18-9-10-19-15(21)12-5-7-17-8-6-12/h1-4,12,17H,5-10H2,(H,18,20)(H,19,21). The molecule has 114 valence electrons. The topological polar surface area (TPSA) is 70.2 Å². The van der Waals surface area contributed by atoms with Crippen LogP contribution < -0.4 is 16.0 Å². The summed E-state index contributed by atoms with van der Waals surface area (Å²) in [7, 11) is 0. The first kappa shape index (κ1) is 15.4. The van der Waals surface area contributed by atoms with Crippen molar-refractivity contribution in [3.63, 3.8) is 0 Å². The van der Waals surface area contributed by atoms with Gasteiger partial charge in [-0.05, 0) is 50.2 Å². The van der Waals surface area contributed by atoms with Crippen LogP contribution in [0.25, 0.3) is 0 Å². The van der Waals surface area contributed by atoms with E-state index >= 15 is 0 Å². The molecule has 2 rings (SSSR count). The fraction of sp³-hybridized carbons (Fsp3) is 0.467. The van der Waals surface area contributed by atoms with Gasteiger partial charge in [0.1, 0.15) is 5.82 Å². The Bertz CT molecular complexity index is 484. The predicted molar refractivity (Wildman–Crippen MR) is 77.3 cm³/mol. The van der Waals surface area contributed by atoms with Crippen LogP contribution in [0.3, 0.4) is 0 Å². The lowest BCUT2D eigenvalue weighted by Crippen LogP contribution is -2.41. The number of hydrogen-bond donors (Lipinski definition) is 3. The molecule has 3 N–H and O–H groups in total. The minimum Gasteiger partial charge on any atom is -0.354 e. The molecule has 1 fully saturated rings. The highest BCUT2D eigenvalue weighted by Gasteiger charge is 2.20. The van der Waals surface area contributed by atoms with Crippen LogP contribution in [0, 0.1) is 11.7 Å². The van der Waals surface area contributed by atoms with E-state index in [9.17, 15) is 14.0 Å². The molecule has 0 aliphatic carbocycles. The number of rotatable bonds is 5. The number of carbonyl (C=O) groups is 2. The van der Waals surface area contributed by atoms with Crippen molar-refractivity contribution in [1.29, 1.82) is 0 Å². The Morgan fingerprint density at radius 3 is 2.38 bits per heavy atom. The molecule has 5 nitrogen and oxygen atoms in total. The summed E-state index contributed by atoms with van der Waals surface area (Å²) < 4.78 is 12.7. The molecular weight excluding hydrogens is 273 g/mol. The molecule has 1 aromatic carbocycles. The van der Waals surface area contributed by atoms with Gasteiger partial charge in [-0.25, -0.2) is 4.39 Å². The largest absolute Gasteiger partial charge is 0.354 e. The average Bonchev–Trinajstić information content (AvgIpc) is 2.52. The Morgan fingerprint density at radius 2 is 1.71 bits per heavy atom. The molecule has 0 unspecified atom stereocenters. The maximum absolute atomic E-state index is 12.7. The predicted octanol–water partition coefficient (Wildman–Crippen LogP) is 0.671. The summed E-state index contributed by atoms with van der Waals surface area (Å²) in [6, 6.07) is 5.35. The number of amides is 2. The Hall–Kier alpha value is -1.95. The molecule has 0 atom stereocenters. The van der Waals surface area contributed by atoms with Crippen molar-refractivity contribution in [1.82, 2.24) is 16.0 Å². The van der Waals surface area contributed by atoms with Gasteiger partial charge in [0.15, 0.2) is 0 Å². The molecule has 0 bridgehead atoms. The lowest BCUT2D eigenvalue weighted by Gasteiger charge is -2.21. The van der Waals surface area contributed by atoms with Crippen LogP contribution in [0.5, 0.6) is 0 Å². The second kappa shape index (κ2) is 7.73. The van der Waals surface area contributed by atoms with Crippen LogP contribution in [0.1, 0.15) is 23.2 Å².